The molecular formula is C29H29N3O3. The van der Waals surface area contributed by atoms with Crippen LogP contribution in [0.5, 0.6) is 11.5 Å². The van der Waals surface area contributed by atoms with E-state index in [9.17, 15) is 4.79 Å². The summed E-state index contributed by atoms with van der Waals surface area (Å²) < 4.78 is 13.9. The van der Waals surface area contributed by atoms with Gasteiger partial charge in [0.25, 0.3) is 0 Å². The third kappa shape index (κ3) is 4.52. The Kier molecular flexibility index (Phi) is 6.53. The second-order valence-electron chi connectivity index (χ2n) is 8.64. The summed E-state index contributed by atoms with van der Waals surface area (Å²) in [5.41, 5.74) is 3.89. The van der Waals surface area contributed by atoms with E-state index in [2.05, 4.69) is 23.3 Å². The Hall–Kier alpha value is -4.06. The second-order valence-corrected chi connectivity index (χ2v) is 8.64. The molecule has 1 saturated heterocycles. The van der Waals surface area contributed by atoms with Crippen LogP contribution in [-0.2, 0) is 17.8 Å². The number of para-hydroxylation sites is 5. The molecule has 1 aliphatic heterocycles. The van der Waals surface area contributed by atoms with Gasteiger partial charge in [-0.3, -0.25) is 4.79 Å². The van der Waals surface area contributed by atoms with Crippen molar-refractivity contribution in [2.24, 2.45) is 0 Å². The SMILES string of the molecule is C=CCc1ccccc1OCCn1c([C@@H]2CC(=O)N(c3ccccc3OC)C2)nc2ccccc21. The van der Waals surface area contributed by atoms with Crippen LogP contribution in [0.25, 0.3) is 11.0 Å². The Morgan fingerprint density at radius 1 is 1.03 bits per heavy atom. The number of fused-ring (bicyclic) bond motifs is 1. The van der Waals surface area contributed by atoms with Gasteiger partial charge in [0.2, 0.25) is 5.91 Å². The highest BCUT2D eigenvalue weighted by atomic mass is 16.5. The molecule has 1 aliphatic rings. The van der Waals surface area contributed by atoms with E-state index in [1.807, 2.05) is 71.6 Å². The number of amides is 1. The number of ether oxygens (including phenoxy) is 2. The number of benzene rings is 3. The molecular weight excluding hydrogens is 438 g/mol. The van der Waals surface area contributed by atoms with Crippen LogP contribution in [-0.4, -0.2) is 35.7 Å². The fourth-order valence-corrected chi connectivity index (χ4v) is 4.82. The Morgan fingerprint density at radius 2 is 1.77 bits per heavy atom. The van der Waals surface area contributed by atoms with Gasteiger partial charge in [-0.25, -0.2) is 4.98 Å². The first-order chi connectivity index (χ1) is 17.2. The number of hydrogen-bond acceptors (Lipinski definition) is 4. The molecule has 1 amide bonds. The molecule has 3 aromatic carbocycles. The third-order valence-electron chi connectivity index (χ3n) is 6.46. The Balaban J connectivity index is 1.41. The average molecular weight is 468 g/mol. The van der Waals surface area contributed by atoms with Gasteiger partial charge in [0.15, 0.2) is 0 Å². The molecule has 0 bridgehead atoms. The molecule has 0 spiro atoms. The largest absolute Gasteiger partial charge is 0.495 e. The minimum absolute atomic E-state index is 0.0205. The summed E-state index contributed by atoms with van der Waals surface area (Å²) in [5, 5.41) is 0. The molecule has 1 fully saturated rings. The molecule has 178 valence electrons. The van der Waals surface area contributed by atoms with E-state index in [1.54, 1.807) is 7.11 Å². The lowest BCUT2D eigenvalue weighted by atomic mass is 10.1. The summed E-state index contributed by atoms with van der Waals surface area (Å²) in [4.78, 5) is 19.8. The lowest BCUT2D eigenvalue weighted by Crippen LogP contribution is -2.25. The van der Waals surface area contributed by atoms with Gasteiger partial charge >= 0.3 is 0 Å². The number of aromatic nitrogens is 2. The highest BCUT2D eigenvalue weighted by Gasteiger charge is 2.35. The smallest absolute Gasteiger partial charge is 0.227 e. The number of carbonyl (C=O) groups excluding carboxylic acids is 1. The summed E-state index contributed by atoms with van der Waals surface area (Å²) in [6.45, 7) is 5.54. The van der Waals surface area contributed by atoms with Crippen LogP contribution in [0.4, 0.5) is 5.69 Å². The molecule has 0 saturated carbocycles. The monoisotopic (exact) mass is 467 g/mol. The zero-order valence-electron chi connectivity index (χ0n) is 19.9. The number of methoxy groups -OCH3 is 1. The summed E-state index contributed by atoms with van der Waals surface area (Å²) in [5.74, 6) is 2.54. The quantitative estimate of drug-likeness (QED) is 0.311. The molecule has 1 aromatic heterocycles. The number of carbonyl (C=O) groups is 1. The lowest BCUT2D eigenvalue weighted by molar-refractivity contribution is -0.117. The van der Waals surface area contributed by atoms with E-state index in [-0.39, 0.29) is 11.8 Å². The number of nitrogens with zero attached hydrogens (tertiary/aromatic N) is 3. The first kappa shape index (κ1) is 22.7. The van der Waals surface area contributed by atoms with Gasteiger partial charge < -0.3 is 18.9 Å². The number of hydrogen-bond donors (Lipinski definition) is 0. The van der Waals surface area contributed by atoms with E-state index >= 15 is 0 Å². The third-order valence-corrected chi connectivity index (χ3v) is 6.46. The predicted molar refractivity (Wildman–Crippen MR) is 138 cm³/mol. The zero-order valence-corrected chi connectivity index (χ0v) is 19.9. The molecule has 4 aromatic rings. The second kappa shape index (κ2) is 10.1. The molecule has 0 radical (unpaired) electrons. The van der Waals surface area contributed by atoms with Gasteiger partial charge in [0.05, 0.1) is 30.4 Å². The standard InChI is InChI=1S/C29H29N3O3/c1-3-10-21-11-4-8-15-26(21)35-18-17-31-24-13-6-5-12-23(24)30-29(31)22-19-28(33)32(20-22)25-14-7-9-16-27(25)34-2/h3-9,11-16,22H,1,10,17-20H2,2H3/t22-/m1/s1. The Morgan fingerprint density at radius 3 is 2.60 bits per heavy atom. The average Bonchev–Trinajstić information content (AvgIpc) is 3.45. The highest BCUT2D eigenvalue weighted by Crippen LogP contribution is 2.37. The molecule has 6 heteroatoms. The molecule has 5 rings (SSSR count). The van der Waals surface area contributed by atoms with Gasteiger partial charge in [-0.2, -0.15) is 0 Å². The molecule has 35 heavy (non-hydrogen) atoms. The van der Waals surface area contributed by atoms with Gasteiger partial charge in [-0.15, -0.1) is 6.58 Å². The fraction of sp³-hybridized carbons (Fsp3) is 0.241. The predicted octanol–water partition coefficient (Wildman–Crippen LogP) is 5.37. The van der Waals surface area contributed by atoms with Crippen LogP contribution < -0.4 is 14.4 Å². The molecule has 0 N–H and O–H groups in total. The number of anilines is 1. The van der Waals surface area contributed by atoms with Crippen molar-refractivity contribution in [3.8, 4) is 11.5 Å². The minimum Gasteiger partial charge on any atom is -0.495 e. The number of allylic oxidation sites excluding steroid dienone is 1. The van der Waals surface area contributed by atoms with Crippen LogP contribution in [0.3, 0.4) is 0 Å². The summed E-state index contributed by atoms with van der Waals surface area (Å²) >= 11 is 0. The van der Waals surface area contributed by atoms with Gasteiger partial charge in [0.1, 0.15) is 23.9 Å². The fourth-order valence-electron chi connectivity index (χ4n) is 4.82. The van der Waals surface area contributed by atoms with Gasteiger partial charge in [0, 0.05) is 18.9 Å². The van der Waals surface area contributed by atoms with Crippen molar-refractivity contribution in [3.63, 3.8) is 0 Å². The lowest BCUT2D eigenvalue weighted by Gasteiger charge is -2.20. The van der Waals surface area contributed by atoms with Crippen molar-refractivity contribution in [1.29, 1.82) is 0 Å². The van der Waals surface area contributed by atoms with Gasteiger partial charge in [-0.1, -0.05) is 48.5 Å². The van der Waals surface area contributed by atoms with E-state index in [0.29, 0.717) is 31.9 Å². The zero-order chi connectivity index (χ0) is 24.2. The normalized spacial score (nSPS) is 15.5. The van der Waals surface area contributed by atoms with Crippen LogP contribution in [0, 0.1) is 0 Å². The summed E-state index contributed by atoms with van der Waals surface area (Å²) in [6.07, 6.45) is 3.05. The number of rotatable bonds is 9. The maximum Gasteiger partial charge on any atom is 0.227 e. The topological polar surface area (TPSA) is 56.6 Å². The summed E-state index contributed by atoms with van der Waals surface area (Å²) in [7, 11) is 1.63. The van der Waals surface area contributed by atoms with Crippen LogP contribution in [0.1, 0.15) is 23.7 Å². The molecule has 0 unspecified atom stereocenters. The molecule has 2 heterocycles. The maximum atomic E-state index is 13.1. The molecule has 6 nitrogen and oxygen atoms in total. The van der Waals surface area contributed by atoms with Crippen molar-refractivity contribution in [1.82, 2.24) is 9.55 Å². The first-order valence-corrected chi connectivity index (χ1v) is 11.9. The van der Waals surface area contributed by atoms with E-state index < -0.39 is 0 Å². The highest BCUT2D eigenvalue weighted by molar-refractivity contribution is 5.97. The van der Waals surface area contributed by atoms with E-state index in [4.69, 9.17) is 14.5 Å². The first-order valence-electron chi connectivity index (χ1n) is 11.9. The van der Waals surface area contributed by atoms with Crippen molar-refractivity contribution < 1.29 is 14.3 Å². The Labute approximate surface area is 205 Å². The Bertz CT molecular complexity index is 1360. The summed E-state index contributed by atoms with van der Waals surface area (Å²) in [6, 6.07) is 23.8. The molecule has 1 atom stereocenters. The van der Waals surface area contributed by atoms with Crippen LogP contribution >= 0.6 is 0 Å². The van der Waals surface area contributed by atoms with Crippen molar-refractivity contribution in [2.45, 2.75) is 25.3 Å². The van der Waals surface area contributed by atoms with E-state index in [1.165, 1.54) is 0 Å². The van der Waals surface area contributed by atoms with Crippen LogP contribution in [0.2, 0.25) is 0 Å². The van der Waals surface area contributed by atoms with Crippen LogP contribution in [0.15, 0.2) is 85.5 Å². The molecule has 0 aliphatic carbocycles. The number of imidazole rings is 1. The van der Waals surface area contributed by atoms with Crippen molar-refractivity contribution in [2.75, 3.05) is 25.2 Å². The van der Waals surface area contributed by atoms with Crippen molar-refractivity contribution >= 4 is 22.6 Å². The minimum atomic E-state index is -0.0205. The van der Waals surface area contributed by atoms with Gasteiger partial charge in [-0.05, 0) is 42.3 Å². The van der Waals surface area contributed by atoms with E-state index in [0.717, 1.165) is 40.3 Å². The van der Waals surface area contributed by atoms with Crippen molar-refractivity contribution in [3.05, 3.63) is 96.8 Å². The maximum absolute atomic E-state index is 13.1.